The summed E-state index contributed by atoms with van der Waals surface area (Å²) in [6.45, 7) is 6.41. The molecule has 1 nitrogen and oxygen atoms in total. The Morgan fingerprint density at radius 3 is 2.05 bits per heavy atom. The number of thioether (sulfide) groups is 1. The molecular weight excluding hydrogens is 314 g/mol. The molecule has 0 aromatic heterocycles. The van der Waals surface area contributed by atoms with Gasteiger partial charge in [-0.15, -0.1) is 0 Å². The quantitative estimate of drug-likeness (QED) is 0.594. The molecule has 3 rings (SSSR count). The van der Waals surface area contributed by atoms with Gasteiger partial charge in [-0.05, 0) is 55.0 Å². The highest BCUT2D eigenvalue weighted by Crippen LogP contribution is 2.49. The molecule has 0 saturated heterocycles. The Morgan fingerprint density at radius 2 is 1.57 bits per heavy atom. The Balaban J connectivity index is 2.16. The third-order valence-electron chi connectivity index (χ3n) is 3.38. The maximum atomic E-state index is 5.67. The second-order valence-electron chi connectivity index (χ2n) is 5.08. The molecule has 0 atom stereocenters. The first kappa shape index (κ1) is 14.9. The van der Waals surface area contributed by atoms with Gasteiger partial charge in [0.2, 0.25) is 0 Å². The van der Waals surface area contributed by atoms with Crippen LogP contribution in [0.15, 0.2) is 46.2 Å². The van der Waals surface area contributed by atoms with Crippen LogP contribution in [0.25, 0.3) is 0 Å². The Labute approximate surface area is 140 Å². The SMILES string of the molecule is CCSC(=S)N1c2ccc(C)cc2Sc2cc(C)ccc21. The molecule has 1 heterocycles. The fraction of sp³-hybridized carbons (Fsp3) is 0.235. The highest BCUT2D eigenvalue weighted by molar-refractivity contribution is 8.23. The van der Waals surface area contributed by atoms with Crippen molar-refractivity contribution in [3.8, 4) is 0 Å². The van der Waals surface area contributed by atoms with Crippen molar-refractivity contribution in [2.45, 2.75) is 30.6 Å². The number of fused-ring (bicyclic) bond motifs is 2. The second kappa shape index (κ2) is 6.03. The van der Waals surface area contributed by atoms with Crippen molar-refractivity contribution in [1.29, 1.82) is 0 Å². The summed E-state index contributed by atoms with van der Waals surface area (Å²) in [6, 6.07) is 13.2. The lowest BCUT2D eigenvalue weighted by Crippen LogP contribution is -2.24. The zero-order chi connectivity index (χ0) is 15.0. The van der Waals surface area contributed by atoms with Crippen molar-refractivity contribution >= 4 is 51.4 Å². The van der Waals surface area contributed by atoms with Crippen molar-refractivity contribution in [3.63, 3.8) is 0 Å². The van der Waals surface area contributed by atoms with E-state index in [-0.39, 0.29) is 0 Å². The minimum atomic E-state index is 0.924. The molecule has 0 aliphatic carbocycles. The highest BCUT2D eigenvalue weighted by Gasteiger charge is 2.26. The smallest absolute Gasteiger partial charge is 0.145 e. The van der Waals surface area contributed by atoms with Gasteiger partial charge in [-0.3, -0.25) is 4.90 Å². The number of nitrogens with zero attached hydrogens (tertiary/aromatic N) is 1. The van der Waals surface area contributed by atoms with E-state index in [1.807, 2.05) is 11.8 Å². The van der Waals surface area contributed by atoms with Crippen LogP contribution in [-0.2, 0) is 0 Å². The molecule has 2 aromatic rings. The average Bonchev–Trinajstić information content (AvgIpc) is 2.44. The summed E-state index contributed by atoms with van der Waals surface area (Å²) in [4.78, 5) is 4.79. The third kappa shape index (κ3) is 2.85. The largest absolute Gasteiger partial charge is 0.294 e. The summed E-state index contributed by atoms with van der Waals surface area (Å²) in [5.74, 6) is 0.991. The highest BCUT2D eigenvalue weighted by atomic mass is 32.2. The lowest BCUT2D eigenvalue weighted by Gasteiger charge is -2.33. The minimum absolute atomic E-state index is 0.924. The predicted molar refractivity (Wildman–Crippen MR) is 99.4 cm³/mol. The zero-order valence-corrected chi connectivity index (χ0v) is 14.8. The van der Waals surface area contributed by atoms with Gasteiger partial charge in [0.15, 0.2) is 0 Å². The molecule has 0 spiro atoms. The van der Waals surface area contributed by atoms with E-state index in [0.29, 0.717) is 0 Å². The lowest BCUT2D eigenvalue weighted by atomic mass is 10.1. The average molecular weight is 332 g/mol. The van der Waals surface area contributed by atoms with E-state index in [1.54, 1.807) is 11.8 Å². The lowest BCUT2D eigenvalue weighted by molar-refractivity contribution is 1.19. The molecule has 1 aliphatic heterocycles. The van der Waals surface area contributed by atoms with Crippen LogP contribution in [0, 0.1) is 13.8 Å². The van der Waals surface area contributed by atoms with Gasteiger partial charge in [-0.1, -0.05) is 54.8 Å². The molecular formula is C17H17NS3. The standard InChI is InChI=1S/C17H17NS3/c1-4-20-17(19)18-13-7-5-11(2)9-15(13)21-16-10-12(3)6-8-14(16)18/h5-10H,4H2,1-3H3. The van der Waals surface area contributed by atoms with E-state index < -0.39 is 0 Å². The predicted octanol–water partition coefficient (Wildman–Crippen LogP) is 5.94. The molecule has 0 bridgehead atoms. The molecule has 4 heteroatoms. The van der Waals surface area contributed by atoms with E-state index in [4.69, 9.17) is 12.2 Å². The molecule has 0 fully saturated rings. The molecule has 0 saturated carbocycles. The number of rotatable bonds is 1. The first-order chi connectivity index (χ1) is 10.1. The van der Waals surface area contributed by atoms with E-state index >= 15 is 0 Å². The van der Waals surface area contributed by atoms with Crippen LogP contribution in [0.1, 0.15) is 18.1 Å². The van der Waals surface area contributed by atoms with Crippen LogP contribution in [0.2, 0.25) is 0 Å². The zero-order valence-electron chi connectivity index (χ0n) is 12.3. The number of thiocarbonyl (C=S) groups is 1. The summed E-state index contributed by atoms with van der Waals surface area (Å²) in [6.07, 6.45) is 0. The fourth-order valence-corrected chi connectivity index (χ4v) is 4.79. The monoisotopic (exact) mass is 331 g/mol. The molecule has 1 aliphatic rings. The van der Waals surface area contributed by atoms with Crippen molar-refractivity contribution in [3.05, 3.63) is 47.5 Å². The number of anilines is 2. The van der Waals surface area contributed by atoms with Gasteiger partial charge >= 0.3 is 0 Å². The van der Waals surface area contributed by atoms with E-state index in [1.165, 1.54) is 32.3 Å². The summed E-state index contributed by atoms with van der Waals surface area (Å²) in [7, 11) is 0. The van der Waals surface area contributed by atoms with E-state index in [9.17, 15) is 0 Å². The molecule has 2 aromatic carbocycles. The number of benzene rings is 2. The van der Waals surface area contributed by atoms with Gasteiger partial charge in [-0.25, -0.2) is 0 Å². The summed E-state index contributed by atoms with van der Waals surface area (Å²) >= 11 is 9.23. The second-order valence-corrected chi connectivity index (χ2v) is 8.06. The van der Waals surface area contributed by atoms with Crippen LogP contribution in [0.4, 0.5) is 11.4 Å². The first-order valence-electron chi connectivity index (χ1n) is 6.96. The van der Waals surface area contributed by atoms with Crippen LogP contribution in [0.5, 0.6) is 0 Å². The Bertz CT molecular complexity index is 658. The van der Waals surface area contributed by atoms with Crippen molar-refractivity contribution in [1.82, 2.24) is 0 Å². The van der Waals surface area contributed by atoms with Crippen molar-refractivity contribution < 1.29 is 0 Å². The van der Waals surface area contributed by atoms with E-state index in [2.05, 4.69) is 62.1 Å². The van der Waals surface area contributed by atoms with Crippen LogP contribution >= 0.6 is 35.7 Å². The molecule has 0 N–H and O–H groups in total. The normalized spacial score (nSPS) is 12.8. The van der Waals surface area contributed by atoms with Crippen molar-refractivity contribution in [2.75, 3.05) is 10.7 Å². The van der Waals surface area contributed by atoms with Crippen LogP contribution in [0.3, 0.4) is 0 Å². The van der Waals surface area contributed by atoms with E-state index in [0.717, 1.165) is 10.1 Å². The summed E-state index contributed by atoms with van der Waals surface area (Å²) in [5, 5.41) is 0. The maximum Gasteiger partial charge on any atom is 0.145 e. The van der Waals surface area contributed by atoms with Gasteiger partial charge in [0.1, 0.15) is 4.32 Å². The molecule has 0 amide bonds. The van der Waals surface area contributed by atoms with Gasteiger partial charge in [0.25, 0.3) is 0 Å². The Hall–Kier alpha value is -0.970. The molecule has 0 unspecified atom stereocenters. The van der Waals surface area contributed by atoms with Crippen LogP contribution in [-0.4, -0.2) is 10.1 Å². The van der Waals surface area contributed by atoms with Crippen LogP contribution < -0.4 is 4.90 Å². The Morgan fingerprint density at radius 1 is 1.05 bits per heavy atom. The topological polar surface area (TPSA) is 3.24 Å². The Kier molecular flexibility index (Phi) is 4.29. The molecule has 0 radical (unpaired) electrons. The fourth-order valence-electron chi connectivity index (χ4n) is 2.41. The van der Waals surface area contributed by atoms with Gasteiger partial charge < -0.3 is 0 Å². The number of hydrogen-bond donors (Lipinski definition) is 0. The summed E-state index contributed by atoms with van der Waals surface area (Å²) < 4.78 is 0.924. The number of aryl methyl sites for hydroxylation is 2. The number of hydrogen-bond acceptors (Lipinski definition) is 3. The maximum absolute atomic E-state index is 5.67. The first-order valence-corrected chi connectivity index (χ1v) is 9.17. The van der Waals surface area contributed by atoms with Gasteiger partial charge in [0.05, 0.1) is 11.4 Å². The summed E-state index contributed by atoms with van der Waals surface area (Å²) in [5.41, 5.74) is 4.97. The van der Waals surface area contributed by atoms with Crippen molar-refractivity contribution in [2.24, 2.45) is 0 Å². The van der Waals surface area contributed by atoms with Gasteiger partial charge in [-0.2, -0.15) is 0 Å². The molecule has 108 valence electrons. The van der Waals surface area contributed by atoms with Gasteiger partial charge in [0, 0.05) is 9.79 Å². The molecule has 21 heavy (non-hydrogen) atoms. The third-order valence-corrected chi connectivity index (χ3v) is 5.73. The minimum Gasteiger partial charge on any atom is -0.294 e.